The maximum absolute atomic E-state index is 12.0. The highest BCUT2D eigenvalue weighted by molar-refractivity contribution is 8.00. The molecule has 1 heterocycles. The fraction of sp³-hybridized carbons (Fsp3) is 0.158. The molecule has 0 bridgehead atoms. The lowest BCUT2D eigenvalue weighted by atomic mass is 10.2. The molecule has 2 amide bonds. The summed E-state index contributed by atoms with van der Waals surface area (Å²) in [5.41, 5.74) is 2.83. The van der Waals surface area contributed by atoms with Crippen LogP contribution in [0.4, 0.5) is 10.8 Å². The molecule has 0 saturated carbocycles. The van der Waals surface area contributed by atoms with Crippen LogP contribution in [0.5, 0.6) is 0 Å². The molecule has 8 heteroatoms. The summed E-state index contributed by atoms with van der Waals surface area (Å²) in [6, 6.07) is 17.2. The first-order valence-electron chi connectivity index (χ1n) is 8.23. The third-order valence-electron chi connectivity index (χ3n) is 3.49. The summed E-state index contributed by atoms with van der Waals surface area (Å²) in [7, 11) is 0. The monoisotopic (exact) mass is 398 g/mol. The number of hydrogen-bond acceptors (Lipinski definition) is 6. The Morgan fingerprint density at radius 1 is 0.926 bits per heavy atom. The summed E-state index contributed by atoms with van der Waals surface area (Å²) >= 11 is 2.56. The van der Waals surface area contributed by atoms with Gasteiger partial charge in [-0.1, -0.05) is 59.4 Å². The van der Waals surface area contributed by atoms with Crippen molar-refractivity contribution in [3.8, 4) is 10.6 Å². The van der Waals surface area contributed by atoms with Crippen LogP contribution in [-0.2, 0) is 9.59 Å². The van der Waals surface area contributed by atoms with E-state index < -0.39 is 0 Å². The number of nitrogens with zero attached hydrogens (tertiary/aromatic N) is 2. The highest BCUT2D eigenvalue weighted by atomic mass is 32.2. The number of benzene rings is 2. The number of anilines is 2. The van der Waals surface area contributed by atoms with Crippen LogP contribution in [0.2, 0.25) is 0 Å². The van der Waals surface area contributed by atoms with Crippen molar-refractivity contribution in [2.45, 2.75) is 6.92 Å². The van der Waals surface area contributed by atoms with Gasteiger partial charge in [-0.15, -0.1) is 22.0 Å². The van der Waals surface area contributed by atoms with Gasteiger partial charge in [0.1, 0.15) is 5.01 Å². The quantitative estimate of drug-likeness (QED) is 0.632. The lowest BCUT2D eigenvalue weighted by molar-refractivity contribution is -0.114. The molecule has 0 aliphatic carbocycles. The van der Waals surface area contributed by atoms with Gasteiger partial charge < -0.3 is 5.32 Å². The van der Waals surface area contributed by atoms with Crippen LogP contribution >= 0.6 is 23.1 Å². The molecule has 3 rings (SSSR count). The Kier molecular flexibility index (Phi) is 6.56. The zero-order valence-electron chi connectivity index (χ0n) is 14.6. The van der Waals surface area contributed by atoms with Crippen LogP contribution in [0, 0.1) is 6.92 Å². The van der Waals surface area contributed by atoms with E-state index in [0.717, 1.165) is 21.8 Å². The van der Waals surface area contributed by atoms with Crippen LogP contribution < -0.4 is 10.6 Å². The summed E-state index contributed by atoms with van der Waals surface area (Å²) in [4.78, 5) is 23.9. The van der Waals surface area contributed by atoms with Crippen molar-refractivity contribution in [2.24, 2.45) is 0 Å². The van der Waals surface area contributed by atoms with Crippen LogP contribution in [0.1, 0.15) is 5.56 Å². The Morgan fingerprint density at radius 3 is 2.30 bits per heavy atom. The largest absolute Gasteiger partial charge is 0.325 e. The molecule has 0 fully saturated rings. The molecular formula is C19H18N4O2S2. The molecule has 2 aromatic carbocycles. The highest BCUT2D eigenvalue weighted by Crippen LogP contribution is 2.25. The van der Waals surface area contributed by atoms with Gasteiger partial charge >= 0.3 is 0 Å². The maximum atomic E-state index is 12.0. The van der Waals surface area contributed by atoms with Gasteiger partial charge in [0.2, 0.25) is 16.9 Å². The average molecular weight is 399 g/mol. The molecule has 0 saturated heterocycles. The van der Waals surface area contributed by atoms with Crippen molar-refractivity contribution in [3.63, 3.8) is 0 Å². The summed E-state index contributed by atoms with van der Waals surface area (Å²) < 4.78 is 0. The topological polar surface area (TPSA) is 84.0 Å². The summed E-state index contributed by atoms with van der Waals surface area (Å²) in [5.74, 6) is 0.0201. The number of aryl methyl sites for hydroxylation is 1. The summed E-state index contributed by atoms with van der Waals surface area (Å²) in [5, 5.41) is 14.8. The maximum Gasteiger partial charge on any atom is 0.236 e. The van der Waals surface area contributed by atoms with Gasteiger partial charge in [-0.25, -0.2) is 0 Å². The fourth-order valence-electron chi connectivity index (χ4n) is 2.20. The second-order valence-corrected chi connectivity index (χ2v) is 7.70. The van der Waals surface area contributed by atoms with E-state index in [-0.39, 0.29) is 23.3 Å². The first-order chi connectivity index (χ1) is 13.1. The third-order valence-corrected chi connectivity index (χ3v) is 5.31. The number of hydrogen-bond donors (Lipinski definition) is 2. The van der Waals surface area contributed by atoms with Crippen LogP contribution in [0.15, 0.2) is 54.6 Å². The van der Waals surface area contributed by atoms with Crippen LogP contribution in [-0.4, -0.2) is 33.5 Å². The fourth-order valence-corrected chi connectivity index (χ4v) is 3.58. The number of rotatable bonds is 7. The second kappa shape index (κ2) is 9.29. The Labute approximate surface area is 165 Å². The van der Waals surface area contributed by atoms with Gasteiger partial charge in [-0.2, -0.15) is 0 Å². The summed E-state index contributed by atoms with van der Waals surface area (Å²) in [6.07, 6.45) is 0. The van der Waals surface area contributed by atoms with Gasteiger partial charge in [0.25, 0.3) is 0 Å². The Balaban J connectivity index is 1.41. The van der Waals surface area contributed by atoms with Crippen molar-refractivity contribution in [1.82, 2.24) is 10.2 Å². The molecule has 2 N–H and O–H groups in total. The Morgan fingerprint density at radius 2 is 1.59 bits per heavy atom. The number of aromatic nitrogens is 2. The molecular weight excluding hydrogens is 380 g/mol. The second-order valence-electron chi connectivity index (χ2n) is 5.73. The first kappa shape index (κ1) is 19.1. The van der Waals surface area contributed by atoms with E-state index in [1.165, 1.54) is 23.1 Å². The molecule has 1 aromatic heterocycles. The van der Waals surface area contributed by atoms with E-state index in [1.807, 2.05) is 61.5 Å². The number of thioether (sulfide) groups is 1. The zero-order valence-corrected chi connectivity index (χ0v) is 16.3. The van der Waals surface area contributed by atoms with E-state index in [2.05, 4.69) is 20.8 Å². The predicted molar refractivity (Wildman–Crippen MR) is 111 cm³/mol. The smallest absolute Gasteiger partial charge is 0.236 e. The Bertz CT molecular complexity index is 911. The minimum atomic E-state index is -0.209. The molecule has 0 unspecified atom stereocenters. The molecule has 0 aliphatic rings. The number of nitrogens with one attached hydrogen (secondary N) is 2. The molecule has 0 radical (unpaired) electrons. The molecule has 0 spiro atoms. The minimum Gasteiger partial charge on any atom is -0.325 e. The van der Waals surface area contributed by atoms with Crippen molar-refractivity contribution in [1.29, 1.82) is 0 Å². The normalized spacial score (nSPS) is 10.4. The minimum absolute atomic E-state index is 0.140. The van der Waals surface area contributed by atoms with E-state index >= 15 is 0 Å². The Hall–Kier alpha value is -2.71. The van der Waals surface area contributed by atoms with Gasteiger partial charge in [0.15, 0.2) is 0 Å². The number of carbonyl (C=O) groups is 2. The third kappa shape index (κ3) is 5.90. The molecule has 6 nitrogen and oxygen atoms in total. The van der Waals surface area contributed by atoms with Crippen molar-refractivity contribution in [3.05, 3.63) is 60.2 Å². The van der Waals surface area contributed by atoms with E-state index in [4.69, 9.17) is 0 Å². The predicted octanol–water partition coefficient (Wildman–Crippen LogP) is 3.82. The SMILES string of the molecule is Cc1ccc(NC(=O)CSCC(=O)Nc2nnc(-c3ccccc3)s2)cc1. The van der Waals surface area contributed by atoms with Gasteiger partial charge in [0, 0.05) is 11.3 Å². The summed E-state index contributed by atoms with van der Waals surface area (Å²) in [6.45, 7) is 1.99. The van der Waals surface area contributed by atoms with Crippen molar-refractivity contribution in [2.75, 3.05) is 22.1 Å². The lowest BCUT2D eigenvalue weighted by Crippen LogP contribution is -2.18. The first-order valence-corrected chi connectivity index (χ1v) is 10.2. The van der Waals surface area contributed by atoms with Gasteiger partial charge in [-0.3, -0.25) is 14.9 Å². The number of carbonyl (C=O) groups excluding carboxylic acids is 2. The van der Waals surface area contributed by atoms with E-state index in [9.17, 15) is 9.59 Å². The molecule has 3 aromatic rings. The highest BCUT2D eigenvalue weighted by Gasteiger charge is 2.10. The number of amides is 2. The zero-order chi connectivity index (χ0) is 19.1. The van der Waals surface area contributed by atoms with Crippen molar-refractivity contribution >= 4 is 45.7 Å². The van der Waals surface area contributed by atoms with E-state index in [0.29, 0.717) is 5.13 Å². The molecule has 27 heavy (non-hydrogen) atoms. The molecule has 0 atom stereocenters. The van der Waals surface area contributed by atoms with Gasteiger partial charge in [-0.05, 0) is 19.1 Å². The van der Waals surface area contributed by atoms with Crippen molar-refractivity contribution < 1.29 is 9.59 Å². The van der Waals surface area contributed by atoms with Crippen LogP contribution in [0.25, 0.3) is 10.6 Å². The molecule has 138 valence electrons. The van der Waals surface area contributed by atoms with E-state index in [1.54, 1.807) is 0 Å². The van der Waals surface area contributed by atoms with Crippen LogP contribution in [0.3, 0.4) is 0 Å². The molecule has 0 aliphatic heterocycles. The average Bonchev–Trinajstić information content (AvgIpc) is 3.13. The standard InChI is InChI=1S/C19H18N4O2S2/c1-13-7-9-15(10-8-13)20-16(24)11-26-12-17(25)21-19-23-22-18(27-19)14-5-3-2-4-6-14/h2-10H,11-12H2,1H3,(H,20,24)(H,21,23,25). The lowest BCUT2D eigenvalue weighted by Gasteiger charge is -2.05. The van der Waals surface area contributed by atoms with Gasteiger partial charge in [0.05, 0.1) is 11.5 Å².